The maximum atomic E-state index is 13.1. The Balaban J connectivity index is 1.73. The van der Waals surface area contributed by atoms with E-state index in [4.69, 9.17) is 32.8 Å². The van der Waals surface area contributed by atoms with E-state index in [9.17, 15) is 4.79 Å². The number of ether oxygens (including phenoxy) is 1. The second-order valence-corrected chi connectivity index (χ2v) is 11.8. The number of halogens is 2. The van der Waals surface area contributed by atoms with E-state index < -0.39 is 5.41 Å². The summed E-state index contributed by atoms with van der Waals surface area (Å²) in [6, 6.07) is 12.4. The number of hydrogen-bond donors (Lipinski definition) is 0. The highest BCUT2D eigenvalue weighted by Crippen LogP contribution is 2.59. The molecular weight excluding hydrogens is 493 g/mol. The number of aryl methyl sites for hydroxylation is 1. The van der Waals surface area contributed by atoms with E-state index in [1.165, 1.54) is 12.7 Å². The van der Waals surface area contributed by atoms with Gasteiger partial charge in [-0.15, -0.1) is 0 Å². The molecule has 2 aliphatic rings. The predicted molar refractivity (Wildman–Crippen MR) is 147 cm³/mol. The largest absolute Gasteiger partial charge is 0.469 e. The van der Waals surface area contributed by atoms with Crippen molar-refractivity contribution in [1.29, 1.82) is 0 Å². The second-order valence-electron chi connectivity index (χ2n) is 11.1. The molecule has 0 heterocycles. The maximum absolute atomic E-state index is 13.1. The molecule has 0 aromatic heterocycles. The van der Waals surface area contributed by atoms with Crippen LogP contribution in [0.4, 0.5) is 0 Å². The van der Waals surface area contributed by atoms with Gasteiger partial charge in [0.25, 0.3) is 0 Å². The van der Waals surface area contributed by atoms with Crippen LogP contribution in [0, 0.1) is 11.3 Å². The first-order chi connectivity index (χ1) is 17.1. The Bertz CT molecular complexity index is 1150. The van der Waals surface area contributed by atoms with Crippen molar-refractivity contribution in [2.45, 2.75) is 77.6 Å². The average molecular weight is 531 g/mol. The highest BCUT2D eigenvalue weighted by Gasteiger charge is 2.57. The third kappa shape index (κ3) is 4.79. The molecule has 3 atom stereocenters. The summed E-state index contributed by atoms with van der Waals surface area (Å²) in [7, 11) is 1.48. The van der Waals surface area contributed by atoms with Crippen LogP contribution in [-0.4, -0.2) is 25.4 Å². The lowest BCUT2D eigenvalue weighted by Gasteiger charge is -2.54. The smallest absolute Gasteiger partial charge is 0.311 e. The molecule has 2 aromatic rings. The molecular formula is C30H37Cl2NO3. The summed E-state index contributed by atoms with van der Waals surface area (Å²) in [5, 5.41) is 5.98. The first-order valence-electron chi connectivity index (χ1n) is 13.0. The van der Waals surface area contributed by atoms with Gasteiger partial charge >= 0.3 is 5.97 Å². The van der Waals surface area contributed by atoms with Crippen molar-refractivity contribution in [2.24, 2.45) is 16.5 Å². The van der Waals surface area contributed by atoms with Gasteiger partial charge in [0.15, 0.2) is 0 Å². The molecule has 1 fully saturated rings. The number of methoxy groups -OCH3 is 1. The van der Waals surface area contributed by atoms with Gasteiger partial charge in [-0.3, -0.25) is 4.79 Å². The standard InChI is InChI=1S/C30H37Cl2NO3/c1-19(2)25-22(31)17-21-26(27(25)32)23(33-36-16-9-13-20-11-7-6-8-12-20)18-24-29(21,3)14-10-15-30(24,4)28(34)35-5/h6-8,11-12,17,19,24H,9-10,13-16,18H2,1-5H3/b33-23+/t24-,29-,30-/m1/s1. The Hall–Kier alpha value is -2.04. The minimum absolute atomic E-state index is 0.00222. The third-order valence-corrected chi connectivity index (χ3v) is 9.14. The molecule has 0 spiro atoms. The van der Waals surface area contributed by atoms with E-state index in [0.717, 1.165) is 54.5 Å². The molecule has 0 unspecified atom stereocenters. The zero-order valence-corrected chi connectivity index (χ0v) is 23.5. The number of nitrogens with zero attached hydrogens (tertiary/aromatic N) is 1. The first-order valence-corrected chi connectivity index (χ1v) is 13.7. The Morgan fingerprint density at radius 1 is 1.17 bits per heavy atom. The van der Waals surface area contributed by atoms with Gasteiger partial charge in [0.05, 0.1) is 23.3 Å². The number of rotatable bonds is 7. The average Bonchev–Trinajstić information content (AvgIpc) is 2.84. The molecule has 1 saturated carbocycles. The van der Waals surface area contributed by atoms with Crippen LogP contribution in [0.25, 0.3) is 0 Å². The number of benzene rings is 2. The lowest BCUT2D eigenvalue weighted by atomic mass is 9.49. The lowest BCUT2D eigenvalue weighted by Crippen LogP contribution is -2.54. The summed E-state index contributed by atoms with van der Waals surface area (Å²) < 4.78 is 5.30. The van der Waals surface area contributed by atoms with Gasteiger partial charge in [0.2, 0.25) is 0 Å². The molecule has 0 radical (unpaired) electrons. The van der Waals surface area contributed by atoms with Gasteiger partial charge in [-0.1, -0.05) is 85.9 Å². The van der Waals surface area contributed by atoms with Crippen LogP contribution in [0.2, 0.25) is 10.0 Å². The number of esters is 1. The van der Waals surface area contributed by atoms with E-state index >= 15 is 0 Å². The molecule has 2 aliphatic carbocycles. The SMILES string of the molecule is COC(=O)[C@]1(C)CCC[C@]2(C)c3cc(Cl)c(C(C)C)c(Cl)c3/C(=N/OCCCc3ccccc3)C[C@@H]12. The number of fused-ring (bicyclic) bond motifs is 3. The Morgan fingerprint density at radius 2 is 1.89 bits per heavy atom. The Morgan fingerprint density at radius 3 is 2.56 bits per heavy atom. The lowest BCUT2D eigenvalue weighted by molar-refractivity contribution is -0.160. The highest BCUT2D eigenvalue weighted by molar-refractivity contribution is 6.39. The van der Waals surface area contributed by atoms with Crippen LogP contribution in [0.5, 0.6) is 0 Å². The fraction of sp³-hybridized carbons (Fsp3) is 0.533. The fourth-order valence-electron chi connectivity index (χ4n) is 6.51. The highest BCUT2D eigenvalue weighted by atomic mass is 35.5. The van der Waals surface area contributed by atoms with Gasteiger partial charge in [-0.05, 0) is 79.0 Å². The molecule has 0 saturated heterocycles. The number of oxime groups is 1. The Kier molecular flexibility index (Phi) is 8.07. The summed E-state index contributed by atoms with van der Waals surface area (Å²) in [5.74, 6) is 0.00367. The van der Waals surface area contributed by atoms with Gasteiger partial charge in [0.1, 0.15) is 6.61 Å². The molecule has 36 heavy (non-hydrogen) atoms. The van der Waals surface area contributed by atoms with Crippen molar-refractivity contribution in [3.05, 3.63) is 68.7 Å². The molecule has 0 N–H and O–H groups in total. The monoisotopic (exact) mass is 529 g/mol. The van der Waals surface area contributed by atoms with Crippen LogP contribution in [0.15, 0.2) is 41.6 Å². The van der Waals surface area contributed by atoms with Crippen LogP contribution >= 0.6 is 23.2 Å². The summed E-state index contributed by atoms with van der Waals surface area (Å²) in [5.41, 5.74) is 4.12. The third-order valence-electron chi connectivity index (χ3n) is 8.43. The zero-order valence-electron chi connectivity index (χ0n) is 22.0. The molecule has 4 rings (SSSR count). The fourth-order valence-corrected chi connectivity index (χ4v) is 7.51. The number of hydrogen-bond acceptors (Lipinski definition) is 4. The number of carbonyl (C=O) groups excluding carboxylic acids is 1. The molecule has 0 aliphatic heterocycles. The quantitative estimate of drug-likeness (QED) is 0.206. The minimum atomic E-state index is -0.622. The minimum Gasteiger partial charge on any atom is -0.469 e. The van der Waals surface area contributed by atoms with Crippen LogP contribution in [0.3, 0.4) is 0 Å². The second kappa shape index (κ2) is 10.8. The summed E-state index contributed by atoms with van der Waals surface area (Å²) >= 11 is 13.9. The van der Waals surface area contributed by atoms with Crippen LogP contribution in [0.1, 0.15) is 88.0 Å². The van der Waals surface area contributed by atoms with Crippen molar-refractivity contribution in [3.8, 4) is 0 Å². The molecule has 0 bridgehead atoms. The van der Waals surface area contributed by atoms with E-state index in [1.807, 2.05) is 25.1 Å². The summed E-state index contributed by atoms with van der Waals surface area (Å²) in [6.45, 7) is 8.98. The summed E-state index contributed by atoms with van der Waals surface area (Å²) in [6.07, 6.45) is 5.06. The van der Waals surface area contributed by atoms with E-state index in [1.54, 1.807) is 0 Å². The molecule has 2 aromatic carbocycles. The number of carbonyl (C=O) groups is 1. The van der Waals surface area contributed by atoms with E-state index in [-0.39, 0.29) is 23.2 Å². The van der Waals surface area contributed by atoms with Crippen LogP contribution in [-0.2, 0) is 26.2 Å². The molecule has 194 valence electrons. The van der Waals surface area contributed by atoms with Crippen molar-refractivity contribution in [3.63, 3.8) is 0 Å². The summed E-state index contributed by atoms with van der Waals surface area (Å²) in [4.78, 5) is 19.0. The van der Waals surface area contributed by atoms with Crippen molar-refractivity contribution < 1.29 is 14.4 Å². The van der Waals surface area contributed by atoms with Gasteiger partial charge in [0, 0.05) is 10.6 Å². The molecule has 6 heteroatoms. The normalized spacial score (nSPS) is 26.4. The van der Waals surface area contributed by atoms with Crippen molar-refractivity contribution in [1.82, 2.24) is 0 Å². The van der Waals surface area contributed by atoms with Gasteiger partial charge in [-0.2, -0.15) is 0 Å². The molecule has 4 nitrogen and oxygen atoms in total. The topological polar surface area (TPSA) is 47.9 Å². The predicted octanol–water partition coefficient (Wildman–Crippen LogP) is 8.11. The van der Waals surface area contributed by atoms with Gasteiger partial charge in [-0.25, -0.2) is 0 Å². The van der Waals surface area contributed by atoms with E-state index in [2.05, 4.69) is 44.1 Å². The zero-order chi connectivity index (χ0) is 26.1. The van der Waals surface area contributed by atoms with Crippen LogP contribution < -0.4 is 0 Å². The van der Waals surface area contributed by atoms with Crippen molar-refractivity contribution in [2.75, 3.05) is 13.7 Å². The molecule has 0 amide bonds. The Labute approximate surface area is 225 Å². The first kappa shape index (κ1) is 27.0. The maximum Gasteiger partial charge on any atom is 0.311 e. The van der Waals surface area contributed by atoms with Gasteiger partial charge < -0.3 is 9.57 Å². The van der Waals surface area contributed by atoms with Crippen molar-refractivity contribution >= 4 is 34.9 Å². The van der Waals surface area contributed by atoms with E-state index in [0.29, 0.717) is 23.1 Å².